The highest BCUT2D eigenvalue weighted by Gasteiger charge is 2.72. The lowest BCUT2D eigenvalue weighted by molar-refractivity contribution is -0.167. The molecule has 8 nitrogen and oxygen atoms in total. The first-order valence-corrected chi connectivity index (χ1v) is 13.1. The third-order valence-electron chi connectivity index (χ3n) is 9.38. The van der Waals surface area contributed by atoms with Gasteiger partial charge in [0.05, 0.1) is 31.7 Å². The van der Waals surface area contributed by atoms with Crippen LogP contribution in [-0.4, -0.2) is 97.1 Å². The van der Waals surface area contributed by atoms with Crippen molar-refractivity contribution >= 4 is 12.0 Å². The maximum absolute atomic E-state index is 13.1. The van der Waals surface area contributed by atoms with Crippen LogP contribution in [0.15, 0.2) is 11.6 Å². The lowest BCUT2D eigenvalue weighted by Crippen LogP contribution is -2.59. The Kier molecular flexibility index (Phi) is 5.53. The Morgan fingerprint density at radius 1 is 1.14 bits per heavy atom. The fraction of sp³-hybridized carbons (Fsp3) is 0.846. The number of epoxide rings is 2. The lowest BCUT2D eigenvalue weighted by atomic mass is 9.68. The SMILES string of the molecule is CO[C@H]1C([C@@]2(C)O[C@@H]2CC=C(C)C)[C@]2(CC[C@H]1OC(=O)N1C[C@@H]3[C@H](C1)[C@H]3C(=O)N1CC(F)(F)C1)CO2. The Bertz CT molecular complexity index is 961. The highest BCUT2D eigenvalue weighted by atomic mass is 19.3. The fourth-order valence-electron chi connectivity index (χ4n) is 7.19. The number of allylic oxidation sites excluding steroid dienone is 1. The zero-order valence-electron chi connectivity index (χ0n) is 21.4. The van der Waals surface area contributed by atoms with Crippen LogP contribution in [0.25, 0.3) is 0 Å². The van der Waals surface area contributed by atoms with Crippen molar-refractivity contribution in [2.24, 2.45) is 23.7 Å². The Labute approximate surface area is 210 Å². The first kappa shape index (κ1) is 24.6. The van der Waals surface area contributed by atoms with Gasteiger partial charge in [-0.1, -0.05) is 11.6 Å². The summed E-state index contributed by atoms with van der Waals surface area (Å²) in [6.07, 6.45) is 3.38. The molecule has 6 fully saturated rings. The van der Waals surface area contributed by atoms with Crippen LogP contribution in [0.5, 0.6) is 0 Å². The van der Waals surface area contributed by atoms with E-state index < -0.39 is 36.8 Å². The van der Waals surface area contributed by atoms with Crippen molar-refractivity contribution in [3.8, 4) is 0 Å². The lowest BCUT2D eigenvalue weighted by Gasteiger charge is -2.43. The quantitative estimate of drug-likeness (QED) is 0.404. The number of methoxy groups -OCH3 is 1. The molecule has 6 rings (SSSR count). The number of halogens is 2. The first-order chi connectivity index (χ1) is 17.0. The van der Waals surface area contributed by atoms with Gasteiger partial charge in [0.15, 0.2) is 0 Å². The van der Waals surface area contributed by atoms with E-state index in [0.717, 1.165) is 12.8 Å². The number of hydrogen-bond acceptors (Lipinski definition) is 6. The standard InChI is InChI=1S/C26H36F2N2O6/c1-14(2)5-6-18-24(3,36-18)21-20(33-4)17(7-8-25(21)13-34-25)35-23(32)29-9-15-16(10-29)19(15)22(31)30-11-26(27,28)12-30/h5,15-21H,6-13H2,1-4H3/t15-,16+,17-,18-,19+,20-,21?,24+,25+/m1/s1. The average molecular weight is 511 g/mol. The maximum atomic E-state index is 13.1. The van der Waals surface area contributed by atoms with E-state index in [1.807, 2.05) is 0 Å². The monoisotopic (exact) mass is 510 g/mol. The van der Waals surface area contributed by atoms with Crippen LogP contribution in [0.3, 0.4) is 0 Å². The summed E-state index contributed by atoms with van der Waals surface area (Å²) < 4.78 is 50.4. The van der Waals surface area contributed by atoms with Crippen LogP contribution in [0, 0.1) is 23.7 Å². The zero-order chi connectivity index (χ0) is 25.6. The number of fused-ring (bicyclic) bond motifs is 1. The molecule has 4 heterocycles. The molecule has 4 saturated heterocycles. The molecular formula is C26H36F2N2O6. The number of hydrogen-bond donors (Lipinski definition) is 0. The molecule has 2 amide bonds. The van der Waals surface area contributed by atoms with Gasteiger partial charge in [0.2, 0.25) is 5.91 Å². The van der Waals surface area contributed by atoms with Crippen LogP contribution in [0.2, 0.25) is 0 Å². The van der Waals surface area contributed by atoms with Crippen molar-refractivity contribution in [1.29, 1.82) is 0 Å². The number of nitrogens with zero attached hydrogens (tertiary/aromatic N) is 2. The van der Waals surface area contributed by atoms with Gasteiger partial charge < -0.3 is 28.7 Å². The molecule has 1 unspecified atom stereocenters. The molecule has 4 aliphatic heterocycles. The number of carbonyl (C=O) groups excluding carboxylic acids is 2. The topological polar surface area (TPSA) is 84.1 Å². The molecule has 36 heavy (non-hydrogen) atoms. The van der Waals surface area contributed by atoms with Crippen LogP contribution < -0.4 is 0 Å². The summed E-state index contributed by atoms with van der Waals surface area (Å²) in [4.78, 5) is 28.5. The minimum atomic E-state index is -2.76. The summed E-state index contributed by atoms with van der Waals surface area (Å²) in [5.74, 6) is -3.17. The molecule has 0 aromatic carbocycles. The molecule has 0 aromatic heterocycles. The largest absolute Gasteiger partial charge is 0.443 e. The third-order valence-corrected chi connectivity index (χ3v) is 9.38. The van der Waals surface area contributed by atoms with Crippen LogP contribution >= 0.6 is 0 Å². The minimum absolute atomic E-state index is 0.0364. The smallest absolute Gasteiger partial charge is 0.410 e. The molecule has 200 valence electrons. The number of ether oxygens (including phenoxy) is 4. The van der Waals surface area contributed by atoms with E-state index in [-0.39, 0.29) is 47.4 Å². The minimum Gasteiger partial charge on any atom is -0.443 e. The third kappa shape index (κ3) is 3.95. The van der Waals surface area contributed by atoms with Crippen molar-refractivity contribution in [3.05, 3.63) is 11.6 Å². The number of carbonyl (C=O) groups is 2. The Morgan fingerprint density at radius 3 is 2.36 bits per heavy atom. The second kappa shape index (κ2) is 8.11. The van der Waals surface area contributed by atoms with Gasteiger partial charge >= 0.3 is 6.09 Å². The van der Waals surface area contributed by atoms with Crippen molar-refractivity contribution < 1.29 is 37.3 Å². The predicted octanol–water partition coefficient (Wildman–Crippen LogP) is 2.85. The zero-order valence-corrected chi connectivity index (χ0v) is 21.4. The van der Waals surface area contributed by atoms with E-state index in [1.165, 1.54) is 10.5 Å². The highest BCUT2D eigenvalue weighted by molar-refractivity contribution is 5.84. The molecule has 9 atom stereocenters. The van der Waals surface area contributed by atoms with Crippen LogP contribution in [0.4, 0.5) is 13.6 Å². The molecule has 2 aliphatic carbocycles. The molecule has 1 spiro atoms. The van der Waals surface area contributed by atoms with Crippen molar-refractivity contribution in [3.63, 3.8) is 0 Å². The van der Waals surface area contributed by atoms with Crippen LogP contribution in [-0.2, 0) is 23.7 Å². The van der Waals surface area contributed by atoms with Gasteiger partial charge in [-0.05, 0) is 51.9 Å². The van der Waals surface area contributed by atoms with Gasteiger partial charge in [0, 0.05) is 26.1 Å². The fourth-order valence-corrected chi connectivity index (χ4v) is 7.19. The van der Waals surface area contributed by atoms with Gasteiger partial charge in [0.1, 0.15) is 23.4 Å². The van der Waals surface area contributed by atoms with Crippen molar-refractivity contribution in [2.75, 3.05) is 39.9 Å². The summed E-state index contributed by atoms with van der Waals surface area (Å²) in [5, 5.41) is 0. The van der Waals surface area contributed by atoms with Gasteiger partial charge in [-0.3, -0.25) is 4.79 Å². The number of rotatable bonds is 6. The van der Waals surface area contributed by atoms with Crippen LogP contribution in [0.1, 0.15) is 40.0 Å². The van der Waals surface area contributed by atoms with Gasteiger partial charge in [-0.2, -0.15) is 0 Å². The van der Waals surface area contributed by atoms with E-state index in [9.17, 15) is 18.4 Å². The number of piperidine rings is 1. The molecule has 0 radical (unpaired) electrons. The molecule has 6 aliphatic rings. The van der Waals surface area contributed by atoms with Crippen molar-refractivity contribution in [1.82, 2.24) is 9.80 Å². The molecule has 10 heteroatoms. The summed E-state index contributed by atoms with van der Waals surface area (Å²) in [6, 6.07) is 0. The molecule has 2 saturated carbocycles. The molecular weight excluding hydrogens is 474 g/mol. The summed E-state index contributed by atoms with van der Waals surface area (Å²) in [7, 11) is 1.65. The maximum Gasteiger partial charge on any atom is 0.410 e. The number of likely N-dealkylation sites (tertiary alicyclic amines) is 2. The summed E-state index contributed by atoms with van der Waals surface area (Å²) in [5.41, 5.74) is 0.568. The molecule has 0 bridgehead atoms. The normalized spacial score (nSPS) is 45.6. The number of alkyl halides is 2. The van der Waals surface area contributed by atoms with E-state index in [1.54, 1.807) is 12.0 Å². The number of amides is 2. The van der Waals surface area contributed by atoms with E-state index in [4.69, 9.17) is 18.9 Å². The second-order valence-corrected chi connectivity index (χ2v) is 12.1. The molecule has 0 N–H and O–H groups in total. The van der Waals surface area contributed by atoms with E-state index >= 15 is 0 Å². The van der Waals surface area contributed by atoms with Crippen molar-refractivity contribution in [2.45, 2.75) is 75.5 Å². The summed E-state index contributed by atoms with van der Waals surface area (Å²) >= 11 is 0. The first-order valence-electron chi connectivity index (χ1n) is 13.1. The Balaban J connectivity index is 1.06. The van der Waals surface area contributed by atoms with Gasteiger partial charge in [-0.15, -0.1) is 0 Å². The van der Waals surface area contributed by atoms with Gasteiger partial charge in [0.25, 0.3) is 5.92 Å². The Hall–Kier alpha value is -1.78. The van der Waals surface area contributed by atoms with Gasteiger partial charge in [-0.25, -0.2) is 13.6 Å². The predicted molar refractivity (Wildman–Crippen MR) is 123 cm³/mol. The summed E-state index contributed by atoms with van der Waals surface area (Å²) in [6.45, 7) is 6.80. The second-order valence-electron chi connectivity index (χ2n) is 12.1. The highest BCUT2D eigenvalue weighted by Crippen LogP contribution is 2.60. The molecule has 0 aromatic rings. The van der Waals surface area contributed by atoms with E-state index in [0.29, 0.717) is 26.1 Å². The Morgan fingerprint density at radius 2 is 1.81 bits per heavy atom. The average Bonchev–Trinajstić information content (AvgIpc) is 3.76. The van der Waals surface area contributed by atoms with E-state index in [2.05, 4.69) is 26.8 Å².